The molecular formula is C14H12N2O3S. The predicted octanol–water partition coefficient (Wildman–Crippen LogP) is 2.11. The minimum absolute atomic E-state index is 0.0781. The van der Waals surface area contributed by atoms with Gasteiger partial charge in [0.15, 0.2) is 0 Å². The molecule has 0 radical (unpaired) electrons. The molecule has 0 unspecified atom stereocenters. The second-order valence-corrected chi connectivity index (χ2v) is 6.01. The maximum Gasteiger partial charge on any atom is 0.286 e. The van der Waals surface area contributed by atoms with Gasteiger partial charge in [-0.25, -0.2) is 0 Å². The first-order chi connectivity index (χ1) is 9.49. The minimum atomic E-state index is -3.67. The van der Waals surface area contributed by atoms with Crippen LogP contribution in [-0.2, 0) is 10.0 Å². The standard InChI is InChI=1S/C14H12N2O3S/c1-9-11(15)6-4-7-12(9)19-14-10-5-2-3-8-13(10)20(17,18)16-14/h2-8H,15H2,1H3. The van der Waals surface area contributed by atoms with E-state index >= 15 is 0 Å². The van der Waals surface area contributed by atoms with Crippen LogP contribution in [0.15, 0.2) is 51.8 Å². The van der Waals surface area contributed by atoms with Crippen LogP contribution in [0.25, 0.3) is 0 Å². The quantitative estimate of drug-likeness (QED) is 0.815. The van der Waals surface area contributed by atoms with E-state index in [9.17, 15) is 8.42 Å². The Morgan fingerprint density at radius 2 is 1.85 bits per heavy atom. The third kappa shape index (κ3) is 1.94. The SMILES string of the molecule is Cc1c(N)cccc1OC1=NS(=O)(=O)c2ccccc21. The molecule has 0 aliphatic carbocycles. The fourth-order valence-corrected chi connectivity index (χ4v) is 3.13. The fraction of sp³-hybridized carbons (Fsp3) is 0.0714. The van der Waals surface area contributed by atoms with Crippen molar-refractivity contribution in [3.63, 3.8) is 0 Å². The average Bonchev–Trinajstić information content (AvgIpc) is 2.67. The number of hydrogen-bond acceptors (Lipinski definition) is 4. The molecule has 0 spiro atoms. The highest BCUT2D eigenvalue weighted by Crippen LogP contribution is 2.29. The molecule has 2 N–H and O–H groups in total. The summed E-state index contributed by atoms with van der Waals surface area (Å²) >= 11 is 0. The van der Waals surface area contributed by atoms with Crippen molar-refractivity contribution < 1.29 is 13.2 Å². The van der Waals surface area contributed by atoms with Gasteiger partial charge in [0.2, 0.25) is 5.90 Å². The average molecular weight is 288 g/mol. The number of fused-ring (bicyclic) bond motifs is 1. The van der Waals surface area contributed by atoms with E-state index in [1.54, 1.807) is 43.3 Å². The van der Waals surface area contributed by atoms with E-state index in [1.807, 2.05) is 0 Å². The Balaban J connectivity index is 2.07. The van der Waals surface area contributed by atoms with Crippen molar-refractivity contribution in [3.8, 4) is 5.75 Å². The maximum absolute atomic E-state index is 11.9. The number of nitrogen functional groups attached to an aromatic ring is 1. The zero-order valence-electron chi connectivity index (χ0n) is 10.7. The molecular weight excluding hydrogens is 276 g/mol. The van der Waals surface area contributed by atoms with Crippen LogP contribution >= 0.6 is 0 Å². The third-order valence-corrected chi connectivity index (χ3v) is 4.45. The molecule has 0 fully saturated rings. The predicted molar refractivity (Wildman–Crippen MR) is 76.4 cm³/mol. The summed E-state index contributed by atoms with van der Waals surface area (Å²) in [6.07, 6.45) is 0. The van der Waals surface area contributed by atoms with Gasteiger partial charge >= 0.3 is 0 Å². The number of ether oxygens (including phenoxy) is 1. The van der Waals surface area contributed by atoms with Gasteiger partial charge in [0.05, 0.1) is 5.56 Å². The summed E-state index contributed by atoms with van der Waals surface area (Å²) in [6.45, 7) is 1.81. The lowest BCUT2D eigenvalue weighted by atomic mass is 10.2. The van der Waals surface area contributed by atoms with E-state index in [0.29, 0.717) is 17.0 Å². The van der Waals surface area contributed by atoms with Gasteiger partial charge in [-0.2, -0.15) is 8.42 Å². The Bertz CT molecular complexity index is 826. The zero-order chi connectivity index (χ0) is 14.3. The van der Waals surface area contributed by atoms with Crippen molar-refractivity contribution in [1.29, 1.82) is 0 Å². The number of anilines is 1. The third-order valence-electron chi connectivity index (χ3n) is 3.13. The summed E-state index contributed by atoms with van der Waals surface area (Å²) in [6, 6.07) is 11.8. The Morgan fingerprint density at radius 3 is 2.65 bits per heavy atom. The number of benzene rings is 2. The molecule has 0 amide bonds. The van der Waals surface area contributed by atoms with Gasteiger partial charge in [-0.05, 0) is 31.2 Å². The molecule has 0 saturated carbocycles. The Kier molecular flexibility index (Phi) is 2.76. The van der Waals surface area contributed by atoms with Gasteiger partial charge in [-0.15, -0.1) is 4.40 Å². The summed E-state index contributed by atoms with van der Waals surface area (Å²) in [7, 11) is -3.67. The van der Waals surface area contributed by atoms with Crippen LogP contribution in [0.3, 0.4) is 0 Å². The Labute approximate surface area is 116 Å². The Hall–Kier alpha value is -2.34. The van der Waals surface area contributed by atoms with Crippen molar-refractivity contribution in [2.24, 2.45) is 4.40 Å². The number of sulfonamides is 1. The molecule has 20 heavy (non-hydrogen) atoms. The van der Waals surface area contributed by atoms with Crippen LogP contribution in [0.2, 0.25) is 0 Å². The van der Waals surface area contributed by atoms with Gasteiger partial charge in [0.1, 0.15) is 10.6 Å². The number of nitrogens with two attached hydrogens (primary N) is 1. The molecule has 1 aliphatic rings. The van der Waals surface area contributed by atoms with Crippen LogP contribution < -0.4 is 10.5 Å². The van der Waals surface area contributed by atoms with Crippen LogP contribution in [0.1, 0.15) is 11.1 Å². The molecule has 2 aromatic carbocycles. The highest BCUT2D eigenvalue weighted by atomic mass is 32.2. The van der Waals surface area contributed by atoms with E-state index in [4.69, 9.17) is 10.5 Å². The summed E-state index contributed by atoms with van der Waals surface area (Å²) in [5.41, 5.74) is 7.60. The van der Waals surface area contributed by atoms with Gasteiger partial charge in [0, 0.05) is 11.3 Å². The van der Waals surface area contributed by atoms with Gasteiger partial charge < -0.3 is 10.5 Å². The lowest BCUT2D eigenvalue weighted by Crippen LogP contribution is -2.09. The largest absolute Gasteiger partial charge is 0.437 e. The fourth-order valence-electron chi connectivity index (χ4n) is 2.00. The molecule has 0 atom stereocenters. The van der Waals surface area contributed by atoms with Crippen LogP contribution in [0, 0.1) is 6.92 Å². The van der Waals surface area contributed by atoms with E-state index in [1.165, 1.54) is 6.07 Å². The molecule has 5 nitrogen and oxygen atoms in total. The summed E-state index contributed by atoms with van der Waals surface area (Å²) in [4.78, 5) is 0.163. The molecule has 1 aliphatic heterocycles. The topological polar surface area (TPSA) is 81.8 Å². The number of rotatable bonds is 1. The first-order valence-electron chi connectivity index (χ1n) is 5.96. The lowest BCUT2D eigenvalue weighted by molar-refractivity contribution is 0.549. The lowest BCUT2D eigenvalue weighted by Gasteiger charge is -2.09. The number of nitrogens with zero attached hydrogens (tertiary/aromatic N) is 1. The smallest absolute Gasteiger partial charge is 0.286 e. The van der Waals surface area contributed by atoms with Gasteiger partial charge in [0.25, 0.3) is 10.0 Å². The van der Waals surface area contributed by atoms with Gasteiger partial charge in [-0.1, -0.05) is 18.2 Å². The second kappa shape index (κ2) is 4.35. The first-order valence-corrected chi connectivity index (χ1v) is 7.40. The zero-order valence-corrected chi connectivity index (χ0v) is 11.5. The van der Waals surface area contributed by atoms with Crippen LogP contribution in [0.4, 0.5) is 5.69 Å². The molecule has 3 rings (SSSR count). The first kappa shape index (κ1) is 12.7. The molecule has 2 aromatic rings. The Morgan fingerprint density at radius 1 is 1.10 bits per heavy atom. The van der Waals surface area contributed by atoms with E-state index in [-0.39, 0.29) is 10.8 Å². The molecule has 0 aromatic heterocycles. The van der Waals surface area contributed by atoms with Crippen LogP contribution in [-0.4, -0.2) is 14.3 Å². The summed E-state index contributed by atoms with van der Waals surface area (Å²) < 4.78 is 33.1. The van der Waals surface area contributed by atoms with Crippen molar-refractivity contribution in [3.05, 3.63) is 53.6 Å². The van der Waals surface area contributed by atoms with E-state index < -0.39 is 10.0 Å². The second-order valence-electron chi connectivity index (χ2n) is 4.44. The van der Waals surface area contributed by atoms with Crippen molar-refractivity contribution in [1.82, 2.24) is 0 Å². The normalized spacial score (nSPS) is 15.6. The van der Waals surface area contributed by atoms with Gasteiger partial charge in [-0.3, -0.25) is 0 Å². The molecule has 102 valence electrons. The summed E-state index contributed by atoms with van der Waals surface area (Å²) in [5.74, 6) is 0.574. The van der Waals surface area contributed by atoms with E-state index in [2.05, 4.69) is 4.40 Å². The molecule has 6 heteroatoms. The molecule has 1 heterocycles. The molecule has 0 bridgehead atoms. The highest BCUT2D eigenvalue weighted by Gasteiger charge is 2.30. The summed E-state index contributed by atoms with van der Waals surface area (Å²) in [5, 5.41) is 0. The van der Waals surface area contributed by atoms with E-state index in [0.717, 1.165) is 5.56 Å². The van der Waals surface area contributed by atoms with Crippen molar-refractivity contribution in [2.45, 2.75) is 11.8 Å². The van der Waals surface area contributed by atoms with Crippen LogP contribution in [0.5, 0.6) is 5.75 Å². The maximum atomic E-state index is 11.9. The monoisotopic (exact) mass is 288 g/mol. The number of hydrogen-bond donors (Lipinski definition) is 1. The van der Waals surface area contributed by atoms with Crippen molar-refractivity contribution >= 4 is 21.6 Å². The molecule has 0 saturated heterocycles. The van der Waals surface area contributed by atoms with Crippen molar-refractivity contribution in [2.75, 3.05) is 5.73 Å². The highest BCUT2D eigenvalue weighted by molar-refractivity contribution is 7.90. The minimum Gasteiger partial charge on any atom is -0.437 e.